The molecule has 0 atom stereocenters. The van der Waals surface area contributed by atoms with Crippen LogP contribution < -0.4 is 10.1 Å². The van der Waals surface area contributed by atoms with Gasteiger partial charge in [0.05, 0.1) is 23.9 Å². The summed E-state index contributed by atoms with van der Waals surface area (Å²) in [5, 5.41) is 17.1. The van der Waals surface area contributed by atoms with Gasteiger partial charge in [0.1, 0.15) is 5.75 Å². The Morgan fingerprint density at radius 2 is 1.85 bits per heavy atom. The van der Waals surface area contributed by atoms with E-state index in [9.17, 15) is 14.7 Å². The SMILES string of the molecule is CCc1ccc2c(CC3CCN(C(=O)O)CC3)c(C(=O)NCc3ccc(OC)cc3)c(C)nn12. The van der Waals surface area contributed by atoms with Crippen molar-refractivity contribution in [3.05, 3.63) is 64.5 Å². The van der Waals surface area contributed by atoms with Gasteiger partial charge in [-0.3, -0.25) is 4.79 Å². The van der Waals surface area contributed by atoms with E-state index in [0.29, 0.717) is 36.8 Å². The number of nitrogens with one attached hydrogen (secondary N) is 1. The summed E-state index contributed by atoms with van der Waals surface area (Å²) in [6.45, 7) is 5.44. The fourth-order valence-electron chi connectivity index (χ4n) is 4.77. The molecule has 3 aromatic rings. The molecule has 0 aliphatic carbocycles. The van der Waals surface area contributed by atoms with E-state index in [-0.39, 0.29) is 5.91 Å². The smallest absolute Gasteiger partial charge is 0.407 e. The van der Waals surface area contributed by atoms with Crippen molar-refractivity contribution in [2.24, 2.45) is 5.92 Å². The van der Waals surface area contributed by atoms with Crippen LogP contribution in [0.1, 0.15) is 52.6 Å². The normalized spacial score (nSPS) is 14.4. The number of piperidine rings is 1. The first-order valence-corrected chi connectivity index (χ1v) is 11.8. The van der Waals surface area contributed by atoms with Crippen LogP contribution in [0.4, 0.5) is 4.79 Å². The topological polar surface area (TPSA) is 96.2 Å². The van der Waals surface area contributed by atoms with Crippen molar-refractivity contribution >= 4 is 17.5 Å². The van der Waals surface area contributed by atoms with Gasteiger partial charge in [-0.25, -0.2) is 9.31 Å². The minimum absolute atomic E-state index is 0.138. The van der Waals surface area contributed by atoms with E-state index in [1.807, 2.05) is 41.8 Å². The highest BCUT2D eigenvalue weighted by Crippen LogP contribution is 2.28. The Balaban J connectivity index is 1.61. The number of likely N-dealkylation sites (tertiary alicyclic amines) is 1. The van der Waals surface area contributed by atoms with Crippen molar-refractivity contribution in [2.45, 2.75) is 46.1 Å². The Labute approximate surface area is 199 Å². The lowest BCUT2D eigenvalue weighted by molar-refractivity contribution is 0.0948. The molecule has 2 amide bonds. The van der Waals surface area contributed by atoms with E-state index >= 15 is 0 Å². The van der Waals surface area contributed by atoms with Crippen molar-refractivity contribution in [2.75, 3.05) is 20.2 Å². The van der Waals surface area contributed by atoms with Gasteiger partial charge in [0, 0.05) is 25.3 Å². The van der Waals surface area contributed by atoms with Crippen LogP contribution in [0.15, 0.2) is 36.4 Å². The lowest BCUT2D eigenvalue weighted by Gasteiger charge is -2.30. The molecule has 180 valence electrons. The zero-order valence-corrected chi connectivity index (χ0v) is 20.0. The Hall–Kier alpha value is -3.55. The summed E-state index contributed by atoms with van der Waals surface area (Å²) >= 11 is 0. The summed E-state index contributed by atoms with van der Waals surface area (Å²) in [4.78, 5) is 26.2. The minimum atomic E-state index is -0.863. The zero-order valence-electron chi connectivity index (χ0n) is 20.0. The number of methoxy groups -OCH3 is 1. The molecule has 1 aromatic carbocycles. The van der Waals surface area contributed by atoms with Gasteiger partial charge in [0.2, 0.25) is 0 Å². The molecule has 0 radical (unpaired) electrons. The average molecular weight is 465 g/mol. The zero-order chi connectivity index (χ0) is 24.2. The molecule has 1 aliphatic heterocycles. The molecule has 2 aromatic heterocycles. The van der Waals surface area contributed by atoms with E-state index in [1.165, 1.54) is 4.90 Å². The number of ether oxygens (including phenoxy) is 1. The summed E-state index contributed by atoms with van der Waals surface area (Å²) < 4.78 is 7.16. The first kappa shape index (κ1) is 23.6. The van der Waals surface area contributed by atoms with Gasteiger partial charge in [-0.2, -0.15) is 5.10 Å². The summed E-state index contributed by atoms with van der Waals surface area (Å²) in [7, 11) is 1.63. The third-order valence-corrected chi connectivity index (χ3v) is 6.74. The highest BCUT2D eigenvalue weighted by Gasteiger charge is 2.27. The van der Waals surface area contributed by atoms with Crippen LogP contribution in [0.2, 0.25) is 0 Å². The second-order valence-electron chi connectivity index (χ2n) is 8.86. The van der Waals surface area contributed by atoms with Gasteiger partial charge in [0.15, 0.2) is 0 Å². The van der Waals surface area contributed by atoms with Crippen molar-refractivity contribution in [1.82, 2.24) is 19.8 Å². The number of aromatic nitrogens is 2. The van der Waals surface area contributed by atoms with Crippen LogP contribution in [0.25, 0.3) is 5.52 Å². The van der Waals surface area contributed by atoms with Crippen molar-refractivity contribution in [3.63, 3.8) is 0 Å². The third kappa shape index (κ3) is 4.85. The van der Waals surface area contributed by atoms with Crippen molar-refractivity contribution < 1.29 is 19.4 Å². The third-order valence-electron chi connectivity index (χ3n) is 6.74. The molecule has 2 N–H and O–H groups in total. The van der Waals surface area contributed by atoms with Gasteiger partial charge >= 0.3 is 6.09 Å². The molecule has 0 saturated carbocycles. The Morgan fingerprint density at radius 1 is 1.15 bits per heavy atom. The Kier molecular flexibility index (Phi) is 7.05. The van der Waals surface area contributed by atoms with Crippen LogP contribution in [0.3, 0.4) is 0 Å². The van der Waals surface area contributed by atoms with Gasteiger partial charge in [0.25, 0.3) is 5.91 Å². The summed E-state index contributed by atoms with van der Waals surface area (Å²) in [6, 6.07) is 11.7. The minimum Gasteiger partial charge on any atom is -0.497 e. The fourth-order valence-corrected chi connectivity index (χ4v) is 4.77. The molecule has 0 spiro atoms. The van der Waals surface area contributed by atoms with Crippen LogP contribution in [-0.4, -0.2) is 51.8 Å². The van der Waals surface area contributed by atoms with E-state index < -0.39 is 6.09 Å². The molecule has 0 bridgehead atoms. The average Bonchev–Trinajstić information content (AvgIpc) is 3.26. The first-order chi connectivity index (χ1) is 16.4. The molecule has 1 saturated heterocycles. The number of nitrogens with zero attached hydrogens (tertiary/aromatic N) is 3. The Morgan fingerprint density at radius 3 is 2.47 bits per heavy atom. The molecule has 3 heterocycles. The molecular formula is C26H32N4O4. The summed E-state index contributed by atoms with van der Waals surface area (Å²) in [6.07, 6.45) is 2.28. The van der Waals surface area contributed by atoms with Crippen LogP contribution in [0, 0.1) is 12.8 Å². The number of aryl methyl sites for hydroxylation is 2. The van der Waals surface area contributed by atoms with Crippen LogP contribution in [0.5, 0.6) is 5.75 Å². The van der Waals surface area contributed by atoms with E-state index in [1.54, 1.807) is 7.11 Å². The molecule has 1 fully saturated rings. The maximum absolute atomic E-state index is 13.4. The number of benzene rings is 1. The number of rotatable bonds is 7. The lowest BCUT2D eigenvalue weighted by Crippen LogP contribution is -2.38. The highest BCUT2D eigenvalue weighted by atomic mass is 16.5. The molecule has 1 aliphatic rings. The van der Waals surface area contributed by atoms with Crippen LogP contribution in [-0.2, 0) is 19.4 Å². The number of hydrogen-bond acceptors (Lipinski definition) is 4. The van der Waals surface area contributed by atoms with Crippen molar-refractivity contribution in [3.8, 4) is 5.75 Å². The van der Waals surface area contributed by atoms with E-state index in [2.05, 4.69) is 18.3 Å². The standard InChI is InChI=1S/C26H32N4O4/c1-4-20-7-10-23-22(15-18-11-13-29(14-12-18)26(32)33)24(17(2)28-30(20)23)25(31)27-16-19-5-8-21(34-3)9-6-19/h5-10,18H,4,11-16H2,1-3H3,(H,27,31)(H,32,33). The van der Waals surface area contributed by atoms with E-state index in [0.717, 1.165) is 53.8 Å². The molecule has 0 unspecified atom stereocenters. The fraction of sp³-hybridized carbons (Fsp3) is 0.423. The lowest BCUT2D eigenvalue weighted by atomic mass is 9.88. The van der Waals surface area contributed by atoms with Gasteiger partial charge in [-0.15, -0.1) is 0 Å². The first-order valence-electron chi connectivity index (χ1n) is 11.8. The van der Waals surface area contributed by atoms with Gasteiger partial charge < -0.3 is 20.1 Å². The quantitative estimate of drug-likeness (QED) is 0.549. The maximum Gasteiger partial charge on any atom is 0.407 e. The van der Waals surface area contributed by atoms with Gasteiger partial charge in [-0.1, -0.05) is 19.1 Å². The summed E-state index contributed by atoms with van der Waals surface area (Å²) in [5.74, 6) is 0.951. The monoisotopic (exact) mass is 464 g/mol. The summed E-state index contributed by atoms with van der Waals surface area (Å²) in [5.41, 5.74) is 5.36. The number of carbonyl (C=O) groups excluding carboxylic acids is 1. The van der Waals surface area contributed by atoms with Crippen molar-refractivity contribution in [1.29, 1.82) is 0 Å². The molecular weight excluding hydrogens is 432 g/mol. The maximum atomic E-state index is 13.4. The molecule has 34 heavy (non-hydrogen) atoms. The number of carboxylic acid groups (broad SMARTS) is 1. The second-order valence-corrected chi connectivity index (χ2v) is 8.86. The largest absolute Gasteiger partial charge is 0.497 e. The number of carbonyl (C=O) groups is 2. The second kappa shape index (κ2) is 10.2. The number of hydrogen-bond donors (Lipinski definition) is 2. The van der Waals surface area contributed by atoms with Crippen LogP contribution >= 0.6 is 0 Å². The number of fused-ring (bicyclic) bond motifs is 1. The molecule has 4 rings (SSSR count). The molecule has 8 nitrogen and oxygen atoms in total. The number of amides is 2. The van der Waals surface area contributed by atoms with E-state index in [4.69, 9.17) is 9.84 Å². The predicted octanol–water partition coefficient (Wildman–Crippen LogP) is 4.08. The Bertz CT molecular complexity index is 1180. The molecule has 8 heteroatoms. The van der Waals surface area contributed by atoms with Gasteiger partial charge in [-0.05, 0) is 73.9 Å². The highest BCUT2D eigenvalue weighted by molar-refractivity contribution is 5.98. The predicted molar refractivity (Wildman–Crippen MR) is 129 cm³/mol.